The first kappa shape index (κ1) is 23.4. The van der Waals surface area contributed by atoms with Crippen LogP contribution in [0.2, 0.25) is 0 Å². The summed E-state index contributed by atoms with van der Waals surface area (Å²) >= 11 is 1.46. The van der Waals surface area contributed by atoms with Crippen LogP contribution >= 0.6 is 11.8 Å². The SMILES string of the molecule is CC(C)c1ccc(NC(=O)C(Sc2ccc(NC(=O)c3ccco3)cc2)c2ccccc2)cc1. The van der Waals surface area contributed by atoms with Crippen LogP contribution in [0.1, 0.15) is 46.7 Å². The van der Waals surface area contributed by atoms with Gasteiger partial charge < -0.3 is 15.1 Å². The van der Waals surface area contributed by atoms with Crippen LogP contribution in [0, 0.1) is 0 Å². The van der Waals surface area contributed by atoms with Gasteiger partial charge in [0.1, 0.15) is 5.25 Å². The predicted molar refractivity (Wildman–Crippen MR) is 137 cm³/mol. The van der Waals surface area contributed by atoms with Crippen LogP contribution in [0.4, 0.5) is 11.4 Å². The van der Waals surface area contributed by atoms with Gasteiger partial charge in [-0.2, -0.15) is 0 Å². The Balaban J connectivity index is 1.48. The predicted octanol–water partition coefficient (Wildman–Crippen LogP) is 7.13. The lowest BCUT2D eigenvalue weighted by atomic mass is 10.0. The normalized spacial score (nSPS) is 11.7. The molecule has 4 aromatic rings. The molecule has 1 unspecified atom stereocenters. The lowest BCUT2D eigenvalue weighted by Gasteiger charge is -2.18. The molecule has 0 fully saturated rings. The van der Waals surface area contributed by atoms with Crippen molar-refractivity contribution in [3.63, 3.8) is 0 Å². The second-order valence-corrected chi connectivity index (χ2v) is 9.31. The molecule has 0 aliphatic heterocycles. The van der Waals surface area contributed by atoms with Gasteiger partial charge in [0.15, 0.2) is 5.76 Å². The fourth-order valence-electron chi connectivity index (χ4n) is 3.41. The summed E-state index contributed by atoms with van der Waals surface area (Å²) in [5.74, 6) is 0.282. The molecule has 2 N–H and O–H groups in total. The summed E-state index contributed by atoms with van der Waals surface area (Å²) in [5.41, 5.74) is 3.56. The zero-order valence-electron chi connectivity index (χ0n) is 19.0. The van der Waals surface area contributed by atoms with E-state index in [-0.39, 0.29) is 17.6 Å². The third-order valence-corrected chi connectivity index (χ3v) is 6.56. The highest BCUT2D eigenvalue weighted by Crippen LogP contribution is 2.37. The molecule has 0 saturated carbocycles. The molecule has 0 radical (unpaired) electrons. The highest BCUT2D eigenvalue weighted by molar-refractivity contribution is 8.00. The van der Waals surface area contributed by atoms with E-state index in [1.54, 1.807) is 12.1 Å². The Morgan fingerprint density at radius 3 is 2.00 bits per heavy atom. The van der Waals surface area contributed by atoms with Gasteiger partial charge in [0.2, 0.25) is 5.91 Å². The van der Waals surface area contributed by atoms with Gasteiger partial charge in [-0.15, -0.1) is 11.8 Å². The minimum Gasteiger partial charge on any atom is -0.459 e. The molecule has 1 heterocycles. The van der Waals surface area contributed by atoms with Crippen molar-refractivity contribution in [2.24, 2.45) is 0 Å². The third kappa shape index (κ3) is 5.97. The molecule has 0 aliphatic carbocycles. The summed E-state index contributed by atoms with van der Waals surface area (Å²) in [4.78, 5) is 26.4. The summed E-state index contributed by atoms with van der Waals surface area (Å²) in [5, 5.41) is 5.42. The number of carbonyl (C=O) groups is 2. The van der Waals surface area contributed by atoms with Crippen molar-refractivity contribution in [3.8, 4) is 0 Å². The van der Waals surface area contributed by atoms with E-state index in [9.17, 15) is 9.59 Å². The Bertz CT molecular complexity index is 1220. The molecule has 1 aromatic heterocycles. The summed E-state index contributed by atoms with van der Waals surface area (Å²) in [6, 6.07) is 28.4. The number of furan rings is 1. The number of amides is 2. The molecule has 0 aliphatic rings. The fraction of sp³-hybridized carbons (Fsp3) is 0.143. The van der Waals surface area contributed by atoms with E-state index in [4.69, 9.17) is 4.42 Å². The molecule has 0 spiro atoms. The summed E-state index contributed by atoms with van der Waals surface area (Å²) in [6.45, 7) is 4.28. The number of anilines is 2. The van der Waals surface area contributed by atoms with Gasteiger partial charge in [-0.05, 0) is 65.6 Å². The second kappa shape index (κ2) is 10.9. The van der Waals surface area contributed by atoms with Crippen molar-refractivity contribution in [1.29, 1.82) is 0 Å². The number of hydrogen-bond donors (Lipinski definition) is 2. The van der Waals surface area contributed by atoms with E-state index in [1.807, 2.05) is 78.9 Å². The first-order chi connectivity index (χ1) is 16.5. The monoisotopic (exact) mass is 470 g/mol. The maximum atomic E-state index is 13.3. The van der Waals surface area contributed by atoms with Gasteiger partial charge in [0, 0.05) is 16.3 Å². The molecule has 34 heavy (non-hydrogen) atoms. The average Bonchev–Trinajstić information content (AvgIpc) is 3.40. The van der Waals surface area contributed by atoms with Crippen molar-refractivity contribution >= 4 is 35.0 Å². The quantitative estimate of drug-likeness (QED) is 0.269. The van der Waals surface area contributed by atoms with Gasteiger partial charge in [-0.25, -0.2) is 0 Å². The van der Waals surface area contributed by atoms with Crippen LogP contribution in [-0.2, 0) is 4.79 Å². The molecule has 0 bridgehead atoms. The van der Waals surface area contributed by atoms with Crippen molar-refractivity contribution in [3.05, 3.63) is 114 Å². The van der Waals surface area contributed by atoms with Gasteiger partial charge >= 0.3 is 0 Å². The summed E-state index contributed by atoms with van der Waals surface area (Å²) in [7, 11) is 0. The maximum Gasteiger partial charge on any atom is 0.291 e. The van der Waals surface area contributed by atoms with E-state index in [0.29, 0.717) is 11.6 Å². The molecule has 172 valence electrons. The van der Waals surface area contributed by atoms with Gasteiger partial charge in [-0.3, -0.25) is 9.59 Å². The van der Waals surface area contributed by atoms with E-state index < -0.39 is 5.25 Å². The lowest BCUT2D eigenvalue weighted by molar-refractivity contribution is -0.115. The van der Waals surface area contributed by atoms with Crippen molar-refractivity contribution in [1.82, 2.24) is 0 Å². The Morgan fingerprint density at radius 1 is 0.735 bits per heavy atom. The van der Waals surface area contributed by atoms with Crippen molar-refractivity contribution in [2.45, 2.75) is 29.9 Å². The molecule has 5 nitrogen and oxygen atoms in total. The first-order valence-electron chi connectivity index (χ1n) is 11.1. The van der Waals surface area contributed by atoms with Gasteiger partial charge in [0.05, 0.1) is 6.26 Å². The van der Waals surface area contributed by atoms with E-state index in [2.05, 4.69) is 24.5 Å². The smallest absolute Gasteiger partial charge is 0.291 e. The lowest BCUT2D eigenvalue weighted by Crippen LogP contribution is -2.19. The number of thioether (sulfide) groups is 1. The van der Waals surface area contributed by atoms with Crippen LogP contribution in [0.3, 0.4) is 0 Å². The maximum absolute atomic E-state index is 13.3. The number of rotatable bonds is 8. The molecule has 3 aromatic carbocycles. The van der Waals surface area contributed by atoms with Crippen LogP contribution in [0.15, 0.2) is 107 Å². The van der Waals surface area contributed by atoms with Crippen molar-refractivity contribution in [2.75, 3.05) is 10.6 Å². The van der Waals surface area contributed by atoms with Crippen LogP contribution in [0.5, 0.6) is 0 Å². The molecule has 2 amide bonds. The minimum atomic E-state index is -0.436. The number of carbonyl (C=O) groups excluding carboxylic acids is 2. The highest BCUT2D eigenvalue weighted by Gasteiger charge is 2.22. The molecular formula is C28H26N2O3S. The number of nitrogens with one attached hydrogen (secondary N) is 2. The van der Waals surface area contributed by atoms with E-state index in [1.165, 1.54) is 23.6 Å². The first-order valence-corrected chi connectivity index (χ1v) is 11.9. The zero-order chi connectivity index (χ0) is 23.9. The van der Waals surface area contributed by atoms with Crippen LogP contribution < -0.4 is 10.6 Å². The Morgan fingerprint density at radius 2 is 1.38 bits per heavy atom. The fourth-order valence-corrected chi connectivity index (χ4v) is 4.44. The second-order valence-electron chi connectivity index (χ2n) is 8.13. The molecule has 4 rings (SSSR count). The van der Waals surface area contributed by atoms with Gasteiger partial charge in [-0.1, -0.05) is 56.3 Å². The number of benzene rings is 3. The average molecular weight is 471 g/mol. The Labute approximate surface area is 203 Å². The zero-order valence-corrected chi connectivity index (χ0v) is 19.8. The van der Waals surface area contributed by atoms with E-state index in [0.717, 1.165) is 16.1 Å². The molecule has 0 saturated heterocycles. The molecular weight excluding hydrogens is 444 g/mol. The molecule has 6 heteroatoms. The Hall–Kier alpha value is -3.77. The van der Waals surface area contributed by atoms with Crippen molar-refractivity contribution < 1.29 is 14.0 Å². The Kier molecular flexibility index (Phi) is 7.50. The molecule has 1 atom stereocenters. The van der Waals surface area contributed by atoms with E-state index >= 15 is 0 Å². The van der Waals surface area contributed by atoms with Crippen LogP contribution in [0.25, 0.3) is 0 Å². The minimum absolute atomic E-state index is 0.0938. The van der Waals surface area contributed by atoms with Gasteiger partial charge in [0.25, 0.3) is 5.91 Å². The van der Waals surface area contributed by atoms with Crippen LogP contribution in [-0.4, -0.2) is 11.8 Å². The largest absolute Gasteiger partial charge is 0.459 e. The highest BCUT2D eigenvalue weighted by atomic mass is 32.2. The summed E-state index contributed by atoms with van der Waals surface area (Å²) < 4.78 is 5.13. The topological polar surface area (TPSA) is 71.3 Å². The number of hydrogen-bond acceptors (Lipinski definition) is 4. The summed E-state index contributed by atoms with van der Waals surface area (Å²) in [6.07, 6.45) is 1.46. The standard InChI is InChI=1S/C28H26N2O3S/c1-19(2)20-10-12-22(13-11-20)30-28(32)26(21-7-4-3-5-8-21)34-24-16-14-23(15-17-24)29-27(31)25-9-6-18-33-25/h3-19,26H,1-2H3,(H,29,31)(H,30,32). The third-order valence-electron chi connectivity index (χ3n) is 5.30.